The molecule has 1 N–H and O–H groups in total. The summed E-state index contributed by atoms with van der Waals surface area (Å²) in [7, 11) is 0. The zero-order valence-electron chi connectivity index (χ0n) is 10.8. The lowest BCUT2D eigenvalue weighted by molar-refractivity contribution is 0.0256. The fourth-order valence-corrected chi connectivity index (χ4v) is 3.56. The molecular formula is C15H20BrFO. The van der Waals surface area contributed by atoms with Gasteiger partial charge in [-0.25, -0.2) is 4.39 Å². The van der Waals surface area contributed by atoms with Crippen molar-refractivity contribution in [1.29, 1.82) is 0 Å². The molecule has 1 aromatic carbocycles. The summed E-state index contributed by atoms with van der Waals surface area (Å²) in [6, 6.07) is 5.02. The van der Waals surface area contributed by atoms with Gasteiger partial charge in [-0.05, 0) is 52.2 Å². The zero-order chi connectivity index (χ0) is 13.2. The van der Waals surface area contributed by atoms with E-state index >= 15 is 0 Å². The van der Waals surface area contributed by atoms with E-state index in [4.69, 9.17) is 0 Å². The lowest BCUT2D eigenvalue weighted by Gasteiger charge is -2.33. The number of hydrogen-bond acceptors (Lipinski definition) is 1. The molecule has 0 spiro atoms. The van der Waals surface area contributed by atoms with Crippen LogP contribution in [0.1, 0.15) is 44.6 Å². The van der Waals surface area contributed by atoms with E-state index in [-0.39, 0.29) is 17.3 Å². The Kier molecular flexibility index (Phi) is 4.44. The maximum atomic E-state index is 13.5. The summed E-state index contributed by atoms with van der Waals surface area (Å²) in [6.45, 7) is 2.15. The lowest BCUT2D eigenvalue weighted by Crippen LogP contribution is -2.33. The van der Waals surface area contributed by atoms with Gasteiger partial charge in [-0.2, -0.15) is 0 Å². The third-order valence-corrected chi connectivity index (χ3v) is 5.34. The maximum Gasteiger partial charge on any atom is 0.137 e. The molecule has 2 rings (SSSR count). The predicted octanol–water partition coefficient (Wildman–Crippen LogP) is 4.46. The standard InChI is InChI=1S/C15H20BrFO/c1-2-15(8-3-4-9-15)13(18)10-11-6-5-7-12(17)14(11)16/h5-7,13,18H,2-4,8-10H2,1H3. The Labute approximate surface area is 117 Å². The summed E-state index contributed by atoms with van der Waals surface area (Å²) in [5.74, 6) is -0.253. The van der Waals surface area contributed by atoms with Crippen LogP contribution in [0.15, 0.2) is 22.7 Å². The molecule has 1 fully saturated rings. The molecule has 1 aliphatic rings. The quantitative estimate of drug-likeness (QED) is 0.869. The van der Waals surface area contributed by atoms with Crippen molar-refractivity contribution in [3.8, 4) is 0 Å². The van der Waals surface area contributed by atoms with E-state index in [1.807, 2.05) is 6.07 Å². The number of hydrogen-bond donors (Lipinski definition) is 1. The van der Waals surface area contributed by atoms with Crippen molar-refractivity contribution in [2.45, 2.75) is 51.6 Å². The molecule has 1 nitrogen and oxygen atoms in total. The van der Waals surface area contributed by atoms with Crippen LogP contribution in [-0.2, 0) is 6.42 Å². The normalized spacial score (nSPS) is 20.0. The van der Waals surface area contributed by atoms with Gasteiger partial charge in [0.1, 0.15) is 5.82 Å². The fraction of sp³-hybridized carbons (Fsp3) is 0.600. The molecule has 0 bridgehead atoms. The number of benzene rings is 1. The van der Waals surface area contributed by atoms with Gasteiger partial charge in [0, 0.05) is 6.42 Å². The minimum atomic E-state index is -0.372. The average molecular weight is 315 g/mol. The van der Waals surface area contributed by atoms with Gasteiger partial charge in [0.15, 0.2) is 0 Å². The van der Waals surface area contributed by atoms with Crippen molar-refractivity contribution in [2.24, 2.45) is 5.41 Å². The second kappa shape index (κ2) is 5.70. The minimum absolute atomic E-state index is 0.0474. The van der Waals surface area contributed by atoms with E-state index in [1.165, 1.54) is 18.9 Å². The summed E-state index contributed by atoms with van der Waals surface area (Å²) in [5.41, 5.74) is 0.911. The molecule has 1 saturated carbocycles. The van der Waals surface area contributed by atoms with Crippen LogP contribution >= 0.6 is 15.9 Å². The lowest BCUT2D eigenvalue weighted by atomic mass is 9.76. The van der Waals surface area contributed by atoms with Crippen LogP contribution in [0.5, 0.6) is 0 Å². The van der Waals surface area contributed by atoms with Crippen LogP contribution in [0.4, 0.5) is 4.39 Å². The SMILES string of the molecule is CCC1(C(O)Cc2cccc(F)c2Br)CCCC1. The fourth-order valence-electron chi connectivity index (χ4n) is 3.13. The first kappa shape index (κ1) is 14.0. The van der Waals surface area contributed by atoms with E-state index < -0.39 is 0 Å². The van der Waals surface area contributed by atoms with Crippen molar-refractivity contribution in [1.82, 2.24) is 0 Å². The molecular weight excluding hydrogens is 295 g/mol. The topological polar surface area (TPSA) is 20.2 Å². The van der Waals surface area contributed by atoms with Gasteiger partial charge in [-0.3, -0.25) is 0 Å². The van der Waals surface area contributed by atoms with E-state index in [1.54, 1.807) is 6.07 Å². The molecule has 18 heavy (non-hydrogen) atoms. The highest BCUT2D eigenvalue weighted by Crippen LogP contribution is 2.45. The van der Waals surface area contributed by atoms with Crippen molar-refractivity contribution >= 4 is 15.9 Å². The van der Waals surface area contributed by atoms with Gasteiger partial charge in [0.25, 0.3) is 0 Å². The van der Waals surface area contributed by atoms with Crippen molar-refractivity contribution < 1.29 is 9.50 Å². The molecule has 1 atom stereocenters. The molecule has 1 unspecified atom stereocenters. The number of aliphatic hydroxyl groups excluding tert-OH is 1. The van der Waals surface area contributed by atoms with Crippen LogP contribution in [0, 0.1) is 11.2 Å². The van der Waals surface area contributed by atoms with E-state index in [2.05, 4.69) is 22.9 Å². The van der Waals surface area contributed by atoms with Gasteiger partial charge >= 0.3 is 0 Å². The van der Waals surface area contributed by atoms with Crippen molar-refractivity contribution in [3.63, 3.8) is 0 Å². The van der Waals surface area contributed by atoms with E-state index in [9.17, 15) is 9.50 Å². The highest BCUT2D eigenvalue weighted by molar-refractivity contribution is 9.10. The van der Waals surface area contributed by atoms with Crippen LogP contribution in [0.2, 0.25) is 0 Å². The van der Waals surface area contributed by atoms with Gasteiger partial charge in [0.05, 0.1) is 10.6 Å². The Bertz CT molecular complexity index is 413. The Morgan fingerprint density at radius 3 is 2.67 bits per heavy atom. The summed E-state index contributed by atoms with van der Waals surface area (Å²) in [6.07, 6.45) is 5.76. The second-order valence-electron chi connectivity index (χ2n) is 5.36. The first-order valence-corrected chi connectivity index (χ1v) is 7.49. The molecule has 100 valence electrons. The van der Waals surface area contributed by atoms with Crippen LogP contribution in [0.3, 0.4) is 0 Å². The van der Waals surface area contributed by atoms with Gasteiger partial charge < -0.3 is 5.11 Å². The zero-order valence-corrected chi connectivity index (χ0v) is 12.3. The van der Waals surface area contributed by atoms with E-state index in [0.29, 0.717) is 10.9 Å². The Morgan fingerprint density at radius 1 is 1.39 bits per heavy atom. The van der Waals surface area contributed by atoms with Crippen LogP contribution in [0.25, 0.3) is 0 Å². The minimum Gasteiger partial charge on any atom is -0.392 e. The molecule has 0 amide bonds. The van der Waals surface area contributed by atoms with E-state index in [0.717, 1.165) is 24.8 Å². The van der Waals surface area contributed by atoms with Crippen molar-refractivity contribution in [3.05, 3.63) is 34.1 Å². The highest BCUT2D eigenvalue weighted by Gasteiger charge is 2.38. The Morgan fingerprint density at radius 2 is 2.06 bits per heavy atom. The van der Waals surface area contributed by atoms with Crippen LogP contribution in [-0.4, -0.2) is 11.2 Å². The molecule has 0 heterocycles. The van der Waals surface area contributed by atoms with Gasteiger partial charge in [-0.1, -0.05) is 31.9 Å². The summed E-state index contributed by atoms with van der Waals surface area (Å²) in [4.78, 5) is 0. The van der Waals surface area contributed by atoms with Crippen molar-refractivity contribution in [2.75, 3.05) is 0 Å². The molecule has 1 aromatic rings. The summed E-state index contributed by atoms with van der Waals surface area (Å²) in [5, 5.41) is 10.5. The summed E-state index contributed by atoms with van der Waals surface area (Å²) >= 11 is 3.27. The predicted molar refractivity (Wildman–Crippen MR) is 75.0 cm³/mol. The molecule has 0 aromatic heterocycles. The number of halogens is 2. The third-order valence-electron chi connectivity index (χ3n) is 4.46. The second-order valence-corrected chi connectivity index (χ2v) is 6.15. The first-order chi connectivity index (χ1) is 8.59. The molecule has 0 saturated heterocycles. The average Bonchev–Trinajstić information content (AvgIpc) is 2.85. The molecule has 0 radical (unpaired) electrons. The monoisotopic (exact) mass is 314 g/mol. The largest absolute Gasteiger partial charge is 0.392 e. The Hall–Kier alpha value is -0.410. The number of aliphatic hydroxyl groups is 1. The first-order valence-electron chi connectivity index (χ1n) is 6.70. The maximum absolute atomic E-state index is 13.5. The third kappa shape index (κ3) is 2.62. The molecule has 1 aliphatic carbocycles. The Balaban J connectivity index is 2.15. The van der Waals surface area contributed by atoms with Gasteiger partial charge in [-0.15, -0.1) is 0 Å². The number of rotatable bonds is 4. The van der Waals surface area contributed by atoms with Crippen LogP contribution < -0.4 is 0 Å². The highest BCUT2D eigenvalue weighted by atomic mass is 79.9. The molecule has 3 heteroatoms. The molecule has 0 aliphatic heterocycles. The van der Waals surface area contributed by atoms with Gasteiger partial charge in [0.2, 0.25) is 0 Å². The smallest absolute Gasteiger partial charge is 0.137 e. The summed E-state index contributed by atoms with van der Waals surface area (Å²) < 4.78 is 13.9.